The van der Waals surface area contributed by atoms with Gasteiger partial charge < -0.3 is 9.15 Å². The first-order chi connectivity index (χ1) is 10.0. The molecule has 0 aliphatic heterocycles. The number of amides is 1. The predicted octanol–water partition coefficient (Wildman–Crippen LogP) is 1.68. The minimum atomic E-state index is -0.567. The zero-order chi connectivity index (χ0) is 15.4. The van der Waals surface area contributed by atoms with Crippen molar-refractivity contribution in [3.63, 3.8) is 0 Å². The zero-order valence-corrected chi connectivity index (χ0v) is 11.2. The Balaban J connectivity index is 2.13. The van der Waals surface area contributed by atoms with E-state index in [2.05, 4.69) is 0 Å². The van der Waals surface area contributed by atoms with E-state index in [-0.39, 0.29) is 23.8 Å². The number of nitro benzene ring substituents is 1. The second-order valence-electron chi connectivity index (χ2n) is 4.21. The molecule has 8 nitrogen and oxygen atoms in total. The summed E-state index contributed by atoms with van der Waals surface area (Å²) in [5, 5.41) is 11.0. The van der Waals surface area contributed by atoms with E-state index >= 15 is 0 Å². The Morgan fingerprint density at radius 2 is 2.19 bits per heavy atom. The average Bonchev–Trinajstić information content (AvgIpc) is 2.92. The number of ether oxygens (including phenoxy) is 1. The second-order valence-corrected chi connectivity index (χ2v) is 4.21. The first-order valence-electron chi connectivity index (χ1n) is 5.99. The maximum absolute atomic E-state index is 11.2. The molecule has 2 rings (SSSR count). The summed E-state index contributed by atoms with van der Waals surface area (Å²) < 4.78 is 10.6. The zero-order valence-electron chi connectivity index (χ0n) is 11.2. The van der Waals surface area contributed by atoms with E-state index in [4.69, 9.17) is 15.0 Å². The van der Waals surface area contributed by atoms with Crippen molar-refractivity contribution in [1.82, 2.24) is 5.43 Å². The van der Waals surface area contributed by atoms with Crippen molar-refractivity contribution in [1.29, 1.82) is 0 Å². The number of nitro groups is 1. The second kappa shape index (κ2) is 6.06. The highest BCUT2D eigenvalue weighted by Crippen LogP contribution is 2.30. The average molecular weight is 291 g/mol. The standard InChI is InChI=1S/C13H13N3O5/c1-8-3-2-4-10(12(8)16(18)19)20-7-9-5-6-11(21-9)13(17)15-14/h2-6H,7,14H2,1H3,(H,15,17). The molecule has 0 unspecified atom stereocenters. The topological polar surface area (TPSA) is 121 Å². The quantitative estimate of drug-likeness (QED) is 0.374. The smallest absolute Gasteiger partial charge is 0.313 e. The molecule has 21 heavy (non-hydrogen) atoms. The van der Waals surface area contributed by atoms with E-state index in [9.17, 15) is 14.9 Å². The minimum absolute atomic E-state index is 0.0369. The molecule has 0 fully saturated rings. The Bertz CT molecular complexity index is 680. The Labute approximate surface area is 119 Å². The number of nitrogen functional groups attached to an aromatic ring is 1. The maximum atomic E-state index is 11.2. The van der Waals surface area contributed by atoms with Crippen LogP contribution < -0.4 is 16.0 Å². The number of nitrogens with two attached hydrogens (primary N) is 1. The lowest BCUT2D eigenvalue weighted by molar-refractivity contribution is -0.386. The van der Waals surface area contributed by atoms with Crippen LogP contribution in [-0.2, 0) is 6.61 Å². The number of carbonyl (C=O) groups is 1. The van der Waals surface area contributed by atoms with Crippen LogP contribution in [0.1, 0.15) is 21.9 Å². The van der Waals surface area contributed by atoms with Gasteiger partial charge in [-0.3, -0.25) is 20.3 Å². The maximum Gasteiger partial charge on any atom is 0.313 e. The predicted molar refractivity (Wildman–Crippen MR) is 72.5 cm³/mol. The highest BCUT2D eigenvalue weighted by Gasteiger charge is 2.18. The van der Waals surface area contributed by atoms with Crippen molar-refractivity contribution in [3.8, 4) is 5.75 Å². The molecular weight excluding hydrogens is 278 g/mol. The number of rotatable bonds is 5. The van der Waals surface area contributed by atoms with Crippen LogP contribution in [0.2, 0.25) is 0 Å². The lowest BCUT2D eigenvalue weighted by Gasteiger charge is -2.06. The summed E-state index contributed by atoms with van der Waals surface area (Å²) in [6.07, 6.45) is 0. The number of aryl methyl sites for hydroxylation is 1. The molecule has 1 heterocycles. The van der Waals surface area contributed by atoms with Crippen LogP contribution in [0.3, 0.4) is 0 Å². The minimum Gasteiger partial charge on any atom is -0.479 e. The van der Waals surface area contributed by atoms with Gasteiger partial charge in [-0.2, -0.15) is 0 Å². The number of carbonyl (C=O) groups excluding carboxylic acids is 1. The molecule has 0 saturated carbocycles. The highest BCUT2D eigenvalue weighted by molar-refractivity contribution is 5.90. The number of para-hydroxylation sites is 1. The summed E-state index contributed by atoms with van der Waals surface area (Å²) in [5.41, 5.74) is 2.34. The van der Waals surface area contributed by atoms with Crippen LogP contribution in [-0.4, -0.2) is 10.8 Å². The van der Waals surface area contributed by atoms with Gasteiger partial charge in [0.15, 0.2) is 11.5 Å². The van der Waals surface area contributed by atoms with Gasteiger partial charge in [0, 0.05) is 5.56 Å². The molecule has 2 aromatic rings. The monoisotopic (exact) mass is 291 g/mol. The summed E-state index contributed by atoms with van der Waals surface area (Å²) in [6.45, 7) is 1.59. The van der Waals surface area contributed by atoms with Gasteiger partial charge in [-0.05, 0) is 25.1 Å². The van der Waals surface area contributed by atoms with Gasteiger partial charge in [-0.1, -0.05) is 12.1 Å². The molecule has 110 valence electrons. The summed E-state index contributed by atoms with van der Waals surface area (Å²) in [5.74, 6) is 4.94. The number of hydrazine groups is 1. The molecule has 1 amide bonds. The third-order valence-corrected chi connectivity index (χ3v) is 2.77. The van der Waals surface area contributed by atoms with Gasteiger partial charge in [0.25, 0.3) is 0 Å². The molecule has 1 aromatic heterocycles. The first kappa shape index (κ1) is 14.5. The van der Waals surface area contributed by atoms with E-state index in [1.165, 1.54) is 18.2 Å². The van der Waals surface area contributed by atoms with Gasteiger partial charge >= 0.3 is 11.6 Å². The third kappa shape index (κ3) is 3.18. The first-order valence-corrected chi connectivity index (χ1v) is 5.99. The van der Waals surface area contributed by atoms with Crippen LogP contribution in [0.4, 0.5) is 5.69 Å². The van der Waals surface area contributed by atoms with Crippen molar-refractivity contribution >= 4 is 11.6 Å². The number of benzene rings is 1. The SMILES string of the molecule is Cc1cccc(OCc2ccc(C(=O)NN)o2)c1[N+](=O)[O-]. The summed E-state index contributed by atoms with van der Waals surface area (Å²) in [6, 6.07) is 7.76. The number of furan rings is 1. The van der Waals surface area contributed by atoms with Gasteiger partial charge in [-0.25, -0.2) is 5.84 Å². The van der Waals surface area contributed by atoms with E-state index in [0.717, 1.165) is 0 Å². The molecule has 0 aliphatic carbocycles. The molecule has 1 aromatic carbocycles. The summed E-state index contributed by atoms with van der Waals surface area (Å²) in [4.78, 5) is 21.8. The van der Waals surface area contributed by atoms with Gasteiger partial charge in [0.05, 0.1) is 4.92 Å². The molecule has 0 aliphatic rings. The van der Waals surface area contributed by atoms with Crippen molar-refractivity contribution in [2.24, 2.45) is 5.84 Å². The van der Waals surface area contributed by atoms with Crippen molar-refractivity contribution < 1.29 is 18.9 Å². The van der Waals surface area contributed by atoms with E-state index in [0.29, 0.717) is 11.3 Å². The van der Waals surface area contributed by atoms with Crippen LogP contribution in [0, 0.1) is 17.0 Å². The summed E-state index contributed by atoms with van der Waals surface area (Å²) >= 11 is 0. The van der Waals surface area contributed by atoms with Crippen LogP contribution >= 0.6 is 0 Å². The van der Waals surface area contributed by atoms with Crippen molar-refractivity contribution in [2.45, 2.75) is 13.5 Å². The molecule has 0 spiro atoms. The highest BCUT2D eigenvalue weighted by atomic mass is 16.6. The number of nitrogens with one attached hydrogen (secondary N) is 1. The van der Waals surface area contributed by atoms with Gasteiger partial charge in [0.1, 0.15) is 12.4 Å². The number of hydrogen-bond donors (Lipinski definition) is 2. The van der Waals surface area contributed by atoms with Gasteiger partial charge in [0.2, 0.25) is 0 Å². The normalized spacial score (nSPS) is 10.2. The molecule has 0 atom stereocenters. The fourth-order valence-corrected chi connectivity index (χ4v) is 1.78. The molecule has 8 heteroatoms. The fraction of sp³-hybridized carbons (Fsp3) is 0.154. The Morgan fingerprint density at radius 3 is 2.86 bits per heavy atom. The fourth-order valence-electron chi connectivity index (χ4n) is 1.78. The van der Waals surface area contributed by atoms with E-state index in [1.54, 1.807) is 19.1 Å². The lowest BCUT2D eigenvalue weighted by atomic mass is 10.2. The Kier molecular flexibility index (Phi) is 4.19. The third-order valence-electron chi connectivity index (χ3n) is 2.77. The van der Waals surface area contributed by atoms with Crippen LogP contribution in [0.5, 0.6) is 5.75 Å². The van der Waals surface area contributed by atoms with Gasteiger partial charge in [-0.15, -0.1) is 0 Å². The molecular formula is C13H13N3O5. The number of nitrogens with zero attached hydrogens (tertiary/aromatic N) is 1. The van der Waals surface area contributed by atoms with Crippen molar-refractivity contribution in [2.75, 3.05) is 0 Å². The van der Waals surface area contributed by atoms with Crippen molar-refractivity contribution in [3.05, 3.63) is 57.5 Å². The molecule has 0 radical (unpaired) electrons. The lowest BCUT2D eigenvalue weighted by Crippen LogP contribution is -2.29. The molecule has 3 N–H and O–H groups in total. The van der Waals surface area contributed by atoms with Crippen LogP contribution in [0.25, 0.3) is 0 Å². The van der Waals surface area contributed by atoms with E-state index in [1.807, 2.05) is 5.43 Å². The Morgan fingerprint density at radius 1 is 1.43 bits per heavy atom. The largest absolute Gasteiger partial charge is 0.479 e. The van der Waals surface area contributed by atoms with Crippen LogP contribution in [0.15, 0.2) is 34.7 Å². The van der Waals surface area contributed by atoms with E-state index < -0.39 is 10.8 Å². The molecule has 0 bridgehead atoms. The summed E-state index contributed by atoms with van der Waals surface area (Å²) in [7, 11) is 0. The Hall–Kier alpha value is -2.87. The number of hydrogen-bond acceptors (Lipinski definition) is 6. The molecule has 0 saturated heterocycles.